The molecule has 0 N–H and O–H groups in total. The van der Waals surface area contributed by atoms with Gasteiger partial charge in [-0.15, -0.1) is 0 Å². The molecule has 0 radical (unpaired) electrons. The second-order valence-electron chi connectivity index (χ2n) is 5.18. The fourth-order valence-electron chi connectivity index (χ4n) is 2.73. The van der Waals surface area contributed by atoms with Crippen LogP contribution in [0.3, 0.4) is 0 Å². The smallest absolute Gasteiger partial charge is 0.0809 e. The Labute approximate surface area is 107 Å². The third-order valence-electron chi connectivity index (χ3n) is 3.86. The number of ether oxygens (including phenoxy) is 2. The maximum Gasteiger partial charge on any atom is 0.0809 e. The van der Waals surface area contributed by atoms with Gasteiger partial charge in [0, 0.05) is 11.9 Å². The first kappa shape index (κ1) is 12.8. The van der Waals surface area contributed by atoms with Gasteiger partial charge < -0.3 is 9.47 Å². The average Bonchev–Trinajstić information content (AvgIpc) is 2.72. The molecule has 2 rings (SSSR count). The summed E-state index contributed by atoms with van der Waals surface area (Å²) in [4.78, 5) is 0. The predicted molar refractivity (Wildman–Crippen MR) is 69.2 cm³/mol. The van der Waals surface area contributed by atoms with E-state index in [0.717, 1.165) is 18.5 Å². The van der Waals surface area contributed by atoms with Crippen molar-refractivity contribution in [3.63, 3.8) is 0 Å². The van der Waals surface area contributed by atoms with Crippen molar-refractivity contribution in [2.24, 2.45) is 0 Å². The van der Waals surface area contributed by atoms with Gasteiger partial charge in [0.05, 0.1) is 18.3 Å². The molecule has 1 heterocycles. The van der Waals surface area contributed by atoms with Gasteiger partial charge in [-0.2, -0.15) is 0 Å². The molecule has 2 nitrogen and oxygen atoms in total. The Morgan fingerprint density at radius 3 is 2.44 bits per heavy atom. The summed E-state index contributed by atoms with van der Waals surface area (Å²) in [7, 11) is 0. The van der Waals surface area contributed by atoms with Crippen LogP contribution in [0.2, 0.25) is 0 Å². The van der Waals surface area contributed by atoms with Gasteiger partial charge in [0.2, 0.25) is 0 Å². The quantitative estimate of drug-likeness (QED) is 0.581. The first-order valence-electron chi connectivity index (χ1n) is 6.66. The summed E-state index contributed by atoms with van der Waals surface area (Å²) in [5.74, 6) is 0. The van der Waals surface area contributed by atoms with E-state index in [2.05, 4.69) is 15.9 Å². The SMILES string of the molecule is BrCC1(OCC2CCCO2)CCCCCC1. The Bertz CT molecular complexity index is 194. The van der Waals surface area contributed by atoms with Crippen LogP contribution in [0.25, 0.3) is 0 Å². The highest BCUT2D eigenvalue weighted by atomic mass is 79.9. The molecule has 0 aromatic rings. The minimum absolute atomic E-state index is 0.0997. The molecule has 1 unspecified atom stereocenters. The van der Waals surface area contributed by atoms with Crippen LogP contribution in [0.5, 0.6) is 0 Å². The van der Waals surface area contributed by atoms with Crippen LogP contribution in [0.1, 0.15) is 51.4 Å². The summed E-state index contributed by atoms with van der Waals surface area (Å²) >= 11 is 3.65. The molecule has 2 fully saturated rings. The highest BCUT2D eigenvalue weighted by Gasteiger charge is 2.32. The van der Waals surface area contributed by atoms with Crippen molar-refractivity contribution in [3.8, 4) is 0 Å². The summed E-state index contributed by atoms with van der Waals surface area (Å²) in [6.07, 6.45) is 10.5. The number of alkyl halides is 1. The number of rotatable bonds is 4. The van der Waals surface area contributed by atoms with Gasteiger partial charge >= 0.3 is 0 Å². The molecular formula is C13H23BrO2. The largest absolute Gasteiger partial charge is 0.376 e. The maximum absolute atomic E-state index is 6.21. The van der Waals surface area contributed by atoms with Gasteiger partial charge in [0.25, 0.3) is 0 Å². The highest BCUT2D eigenvalue weighted by Crippen LogP contribution is 2.32. The maximum atomic E-state index is 6.21. The average molecular weight is 291 g/mol. The second-order valence-corrected chi connectivity index (χ2v) is 5.74. The normalized spacial score (nSPS) is 30.2. The van der Waals surface area contributed by atoms with Crippen LogP contribution in [-0.4, -0.2) is 30.2 Å². The van der Waals surface area contributed by atoms with Crippen molar-refractivity contribution in [3.05, 3.63) is 0 Å². The van der Waals surface area contributed by atoms with E-state index < -0.39 is 0 Å². The minimum atomic E-state index is 0.0997. The molecule has 0 bridgehead atoms. The fourth-order valence-corrected chi connectivity index (χ4v) is 3.46. The number of hydrogen-bond acceptors (Lipinski definition) is 2. The first-order chi connectivity index (χ1) is 7.85. The van der Waals surface area contributed by atoms with E-state index in [1.807, 2.05) is 0 Å². The zero-order valence-corrected chi connectivity index (χ0v) is 11.6. The van der Waals surface area contributed by atoms with Gasteiger partial charge in [-0.1, -0.05) is 41.6 Å². The summed E-state index contributed by atoms with van der Waals surface area (Å²) in [5, 5.41) is 0.979. The summed E-state index contributed by atoms with van der Waals surface area (Å²) in [5.41, 5.74) is 0.0997. The molecule has 1 atom stereocenters. The van der Waals surface area contributed by atoms with Gasteiger partial charge in [0.15, 0.2) is 0 Å². The van der Waals surface area contributed by atoms with Crippen molar-refractivity contribution < 1.29 is 9.47 Å². The molecule has 0 amide bonds. The lowest BCUT2D eigenvalue weighted by atomic mass is 9.96. The number of hydrogen-bond donors (Lipinski definition) is 0. The van der Waals surface area contributed by atoms with Crippen LogP contribution in [-0.2, 0) is 9.47 Å². The molecule has 1 saturated heterocycles. The Balaban J connectivity index is 1.81. The molecule has 1 aliphatic carbocycles. The van der Waals surface area contributed by atoms with Crippen molar-refractivity contribution >= 4 is 15.9 Å². The van der Waals surface area contributed by atoms with Gasteiger partial charge in [-0.3, -0.25) is 0 Å². The predicted octanol–water partition coefficient (Wildman–Crippen LogP) is 3.67. The van der Waals surface area contributed by atoms with Crippen molar-refractivity contribution in [1.82, 2.24) is 0 Å². The van der Waals surface area contributed by atoms with Crippen molar-refractivity contribution in [1.29, 1.82) is 0 Å². The molecule has 0 aromatic heterocycles. The summed E-state index contributed by atoms with van der Waals surface area (Å²) in [6, 6.07) is 0. The van der Waals surface area contributed by atoms with E-state index in [1.54, 1.807) is 0 Å². The Morgan fingerprint density at radius 1 is 1.12 bits per heavy atom. The lowest BCUT2D eigenvalue weighted by molar-refractivity contribution is -0.0780. The topological polar surface area (TPSA) is 18.5 Å². The highest BCUT2D eigenvalue weighted by molar-refractivity contribution is 9.09. The third-order valence-corrected chi connectivity index (χ3v) is 4.88. The first-order valence-corrected chi connectivity index (χ1v) is 7.78. The zero-order chi connectivity index (χ0) is 11.3. The molecule has 16 heavy (non-hydrogen) atoms. The molecule has 3 heteroatoms. The van der Waals surface area contributed by atoms with Crippen LogP contribution in [0.15, 0.2) is 0 Å². The summed E-state index contributed by atoms with van der Waals surface area (Å²) in [6.45, 7) is 1.72. The van der Waals surface area contributed by atoms with E-state index in [9.17, 15) is 0 Å². The Hall–Kier alpha value is 0.400. The second kappa shape index (κ2) is 6.36. The van der Waals surface area contributed by atoms with Crippen LogP contribution < -0.4 is 0 Å². The van der Waals surface area contributed by atoms with Crippen LogP contribution in [0, 0.1) is 0 Å². The van der Waals surface area contributed by atoms with E-state index in [-0.39, 0.29) is 5.60 Å². The van der Waals surface area contributed by atoms with Crippen molar-refractivity contribution in [2.75, 3.05) is 18.5 Å². The van der Waals surface area contributed by atoms with Gasteiger partial charge in [-0.25, -0.2) is 0 Å². The van der Waals surface area contributed by atoms with Crippen molar-refractivity contribution in [2.45, 2.75) is 63.1 Å². The molecule has 94 valence electrons. The van der Waals surface area contributed by atoms with E-state index in [4.69, 9.17) is 9.47 Å². The molecule has 0 spiro atoms. The molecule has 1 saturated carbocycles. The van der Waals surface area contributed by atoms with E-state index in [1.165, 1.54) is 51.4 Å². The Morgan fingerprint density at radius 2 is 1.88 bits per heavy atom. The Kier molecular flexibility index (Phi) is 5.11. The lowest BCUT2D eigenvalue weighted by Gasteiger charge is -2.32. The zero-order valence-electron chi connectivity index (χ0n) is 10.0. The molecule has 0 aromatic carbocycles. The summed E-state index contributed by atoms with van der Waals surface area (Å²) < 4.78 is 11.8. The van der Waals surface area contributed by atoms with Crippen LogP contribution in [0.4, 0.5) is 0 Å². The molecule has 2 aliphatic rings. The number of halogens is 1. The third kappa shape index (κ3) is 3.44. The monoisotopic (exact) mass is 290 g/mol. The standard InChI is InChI=1S/C13H23BrO2/c14-11-13(7-3-1-2-4-8-13)16-10-12-6-5-9-15-12/h12H,1-11H2. The van der Waals surface area contributed by atoms with E-state index >= 15 is 0 Å². The fraction of sp³-hybridized carbons (Fsp3) is 1.00. The molecular weight excluding hydrogens is 268 g/mol. The van der Waals surface area contributed by atoms with Gasteiger partial charge in [-0.05, 0) is 25.7 Å². The molecule has 1 aliphatic heterocycles. The van der Waals surface area contributed by atoms with E-state index in [0.29, 0.717) is 6.10 Å². The minimum Gasteiger partial charge on any atom is -0.376 e. The lowest BCUT2D eigenvalue weighted by Crippen LogP contribution is -2.36. The van der Waals surface area contributed by atoms with Gasteiger partial charge in [0.1, 0.15) is 0 Å². The van der Waals surface area contributed by atoms with Crippen LogP contribution >= 0.6 is 15.9 Å².